The molecule has 0 aromatic heterocycles. The van der Waals surface area contributed by atoms with Gasteiger partial charge in [0.1, 0.15) is 0 Å². The van der Waals surface area contributed by atoms with Gasteiger partial charge in [0, 0.05) is 11.4 Å². The van der Waals surface area contributed by atoms with Crippen LogP contribution in [0.3, 0.4) is 0 Å². The number of carbonyl (C=O) groups is 2. The number of carbonyl (C=O) groups excluding carboxylic acids is 1. The van der Waals surface area contributed by atoms with E-state index in [0.29, 0.717) is 17.0 Å². The van der Waals surface area contributed by atoms with E-state index >= 15 is 0 Å². The maximum atomic E-state index is 12.3. The highest BCUT2D eigenvalue weighted by Gasteiger charge is 2.36. The van der Waals surface area contributed by atoms with Crippen molar-refractivity contribution in [2.45, 2.75) is 26.7 Å². The van der Waals surface area contributed by atoms with Gasteiger partial charge in [-0.05, 0) is 26.3 Å². The number of benzene rings is 1. The molecule has 0 aliphatic carbocycles. The molecule has 5 nitrogen and oxygen atoms in total. The van der Waals surface area contributed by atoms with Crippen LogP contribution >= 0.6 is 0 Å². The molecular weight excluding hydrogens is 282 g/mol. The van der Waals surface area contributed by atoms with E-state index in [9.17, 15) is 14.7 Å². The minimum atomic E-state index is -1.05. The molecule has 1 heterocycles. The highest BCUT2D eigenvalue weighted by Crippen LogP contribution is 2.38. The highest BCUT2D eigenvalue weighted by molar-refractivity contribution is 5.99. The molecule has 1 aromatic rings. The monoisotopic (exact) mass is 301 g/mol. The van der Waals surface area contributed by atoms with Crippen molar-refractivity contribution in [2.24, 2.45) is 0 Å². The highest BCUT2D eigenvalue weighted by atomic mass is 16.5. The second-order valence-electron chi connectivity index (χ2n) is 5.07. The summed E-state index contributed by atoms with van der Waals surface area (Å²) in [4.78, 5) is 24.0. The summed E-state index contributed by atoms with van der Waals surface area (Å²) in [6, 6.07) is 9.13. The molecule has 0 bridgehead atoms. The van der Waals surface area contributed by atoms with Gasteiger partial charge in [-0.2, -0.15) is 0 Å². The number of nitrogens with one attached hydrogen (secondary N) is 1. The molecule has 0 saturated heterocycles. The van der Waals surface area contributed by atoms with Gasteiger partial charge in [0.05, 0.1) is 23.7 Å². The Kier molecular flexibility index (Phi) is 4.65. The average molecular weight is 301 g/mol. The van der Waals surface area contributed by atoms with Gasteiger partial charge < -0.3 is 15.2 Å². The standard InChI is InChI=1S/C17H19NO4/c1-4-22-17(21)14-11(3)18-10(2)13(16(19)20)15(14)12-8-6-5-7-9-12/h5-9,15,18H,4H2,1-3H3,(H,19,20). The van der Waals surface area contributed by atoms with E-state index < -0.39 is 17.9 Å². The first kappa shape index (κ1) is 15.8. The van der Waals surface area contributed by atoms with Gasteiger partial charge in [0.2, 0.25) is 0 Å². The summed E-state index contributed by atoms with van der Waals surface area (Å²) in [5, 5.41) is 12.6. The smallest absolute Gasteiger partial charge is 0.336 e. The number of esters is 1. The van der Waals surface area contributed by atoms with Crippen molar-refractivity contribution < 1.29 is 19.4 Å². The molecule has 1 atom stereocenters. The summed E-state index contributed by atoms with van der Waals surface area (Å²) in [5.74, 6) is -2.18. The van der Waals surface area contributed by atoms with Gasteiger partial charge in [-0.25, -0.2) is 9.59 Å². The Hall–Kier alpha value is -2.56. The van der Waals surface area contributed by atoms with Crippen LogP contribution in [0.15, 0.2) is 52.9 Å². The van der Waals surface area contributed by atoms with Crippen molar-refractivity contribution in [3.8, 4) is 0 Å². The van der Waals surface area contributed by atoms with Crippen LogP contribution in [0.4, 0.5) is 0 Å². The van der Waals surface area contributed by atoms with E-state index in [2.05, 4.69) is 5.32 Å². The topological polar surface area (TPSA) is 75.6 Å². The first-order valence-electron chi connectivity index (χ1n) is 7.11. The molecule has 0 fully saturated rings. The summed E-state index contributed by atoms with van der Waals surface area (Å²) in [7, 11) is 0. The van der Waals surface area contributed by atoms with Gasteiger partial charge in [0.15, 0.2) is 0 Å². The lowest BCUT2D eigenvalue weighted by atomic mass is 9.80. The van der Waals surface area contributed by atoms with Gasteiger partial charge >= 0.3 is 11.9 Å². The quantitative estimate of drug-likeness (QED) is 0.836. The van der Waals surface area contributed by atoms with Crippen LogP contribution < -0.4 is 5.32 Å². The Bertz CT molecular complexity index is 658. The molecule has 1 aliphatic rings. The zero-order valence-electron chi connectivity index (χ0n) is 12.8. The van der Waals surface area contributed by atoms with Gasteiger partial charge in [-0.15, -0.1) is 0 Å². The van der Waals surface area contributed by atoms with Crippen molar-refractivity contribution >= 4 is 11.9 Å². The van der Waals surface area contributed by atoms with Crippen LogP contribution in [0.1, 0.15) is 32.3 Å². The predicted molar refractivity (Wildman–Crippen MR) is 82.0 cm³/mol. The zero-order chi connectivity index (χ0) is 16.3. The summed E-state index contributed by atoms with van der Waals surface area (Å²) in [6.45, 7) is 5.41. The van der Waals surface area contributed by atoms with Crippen molar-refractivity contribution in [1.82, 2.24) is 5.32 Å². The van der Waals surface area contributed by atoms with E-state index in [1.165, 1.54) is 0 Å². The maximum Gasteiger partial charge on any atom is 0.336 e. The summed E-state index contributed by atoms with van der Waals surface area (Å²) < 4.78 is 5.11. The number of allylic oxidation sites excluding steroid dienone is 2. The summed E-state index contributed by atoms with van der Waals surface area (Å²) in [6.07, 6.45) is 0. The number of hydrogen-bond acceptors (Lipinski definition) is 4. The Morgan fingerprint density at radius 2 is 1.73 bits per heavy atom. The van der Waals surface area contributed by atoms with Crippen molar-refractivity contribution in [3.05, 3.63) is 58.4 Å². The first-order valence-corrected chi connectivity index (χ1v) is 7.11. The SMILES string of the molecule is CCOC(=O)C1=C(C)NC(C)=C(C(=O)O)C1c1ccccc1. The number of rotatable bonds is 4. The molecule has 1 unspecified atom stereocenters. The minimum absolute atomic E-state index is 0.167. The molecule has 0 spiro atoms. The first-order chi connectivity index (χ1) is 10.5. The van der Waals surface area contributed by atoms with Crippen LogP contribution in [-0.4, -0.2) is 23.7 Å². The Balaban J connectivity index is 2.62. The van der Waals surface area contributed by atoms with Crippen molar-refractivity contribution in [1.29, 1.82) is 0 Å². The molecule has 0 radical (unpaired) electrons. The molecule has 5 heteroatoms. The number of hydrogen-bond donors (Lipinski definition) is 2. The Morgan fingerprint density at radius 3 is 2.27 bits per heavy atom. The minimum Gasteiger partial charge on any atom is -0.478 e. The van der Waals surface area contributed by atoms with Gasteiger partial charge in [0.25, 0.3) is 0 Å². The van der Waals surface area contributed by atoms with Gasteiger partial charge in [-0.1, -0.05) is 30.3 Å². The molecule has 22 heavy (non-hydrogen) atoms. The number of dihydropyridines is 1. The third kappa shape index (κ3) is 2.88. The number of carboxylic acid groups (broad SMARTS) is 1. The predicted octanol–water partition coefficient (Wildman–Crippen LogP) is 2.57. The van der Waals surface area contributed by atoms with Crippen LogP contribution in [0.25, 0.3) is 0 Å². The number of carboxylic acids is 1. The molecule has 1 aliphatic heterocycles. The van der Waals surface area contributed by atoms with Crippen LogP contribution in [-0.2, 0) is 14.3 Å². The number of aliphatic carboxylic acids is 1. The largest absolute Gasteiger partial charge is 0.478 e. The van der Waals surface area contributed by atoms with E-state index in [-0.39, 0.29) is 12.2 Å². The van der Waals surface area contributed by atoms with Crippen molar-refractivity contribution in [2.75, 3.05) is 6.61 Å². The summed E-state index contributed by atoms with van der Waals surface area (Å²) in [5.41, 5.74) is 2.42. The third-order valence-corrected chi connectivity index (χ3v) is 3.62. The Morgan fingerprint density at radius 1 is 1.14 bits per heavy atom. The lowest BCUT2D eigenvalue weighted by molar-refractivity contribution is -0.138. The molecule has 2 N–H and O–H groups in total. The molecule has 116 valence electrons. The van der Waals surface area contributed by atoms with E-state index in [1.54, 1.807) is 20.8 Å². The van der Waals surface area contributed by atoms with E-state index in [1.807, 2.05) is 30.3 Å². The molecule has 1 aromatic carbocycles. The second-order valence-corrected chi connectivity index (χ2v) is 5.07. The maximum absolute atomic E-state index is 12.3. The molecule has 0 amide bonds. The average Bonchev–Trinajstić information content (AvgIpc) is 2.47. The normalized spacial score (nSPS) is 18.0. The number of ether oxygens (including phenoxy) is 1. The fraction of sp³-hybridized carbons (Fsp3) is 0.294. The van der Waals surface area contributed by atoms with E-state index in [4.69, 9.17) is 4.74 Å². The fourth-order valence-corrected chi connectivity index (χ4v) is 2.74. The fourth-order valence-electron chi connectivity index (χ4n) is 2.74. The van der Waals surface area contributed by atoms with Crippen molar-refractivity contribution in [3.63, 3.8) is 0 Å². The summed E-state index contributed by atoms with van der Waals surface area (Å²) >= 11 is 0. The lowest BCUT2D eigenvalue weighted by Gasteiger charge is -2.29. The zero-order valence-corrected chi connectivity index (χ0v) is 12.8. The molecule has 0 saturated carbocycles. The van der Waals surface area contributed by atoms with Crippen LogP contribution in [0, 0.1) is 0 Å². The molecule has 2 rings (SSSR count). The van der Waals surface area contributed by atoms with Gasteiger partial charge in [-0.3, -0.25) is 0 Å². The molecular formula is C17H19NO4. The van der Waals surface area contributed by atoms with Crippen LogP contribution in [0.5, 0.6) is 0 Å². The lowest BCUT2D eigenvalue weighted by Crippen LogP contribution is -2.31. The second kappa shape index (κ2) is 6.47. The van der Waals surface area contributed by atoms with Crippen LogP contribution in [0.2, 0.25) is 0 Å². The Labute approximate surface area is 129 Å². The third-order valence-electron chi connectivity index (χ3n) is 3.62. The van der Waals surface area contributed by atoms with E-state index in [0.717, 1.165) is 5.56 Å².